The van der Waals surface area contributed by atoms with Crippen LogP contribution in [0.4, 0.5) is 5.69 Å². The van der Waals surface area contributed by atoms with Crippen molar-refractivity contribution in [1.82, 2.24) is 9.88 Å². The van der Waals surface area contributed by atoms with Crippen LogP contribution in [-0.2, 0) is 11.3 Å². The van der Waals surface area contributed by atoms with E-state index in [1.54, 1.807) is 19.2 Å². The number of hydrogen-bond donors (Lipinski definition) is 2. The van der Waals surface area contributed by atoms with Crippen LogP contribution in [0.15, 0.2) is 57.9 Å². The van der Waals surface area contributed by atoms with Gasteiger partial charge < -0.3 is 19.5 Å². The van der Waals surface area contributed by atoms with Crippen LogP contribution in [0.5, 0.6) is 5.75 Å². The summed E-state index contributed by atoms with van der Waals surface area (Å²) in [7, 11) is 1.69. The Labute approximate surface area is 191 Å². The molecule has 0 aliphatic carbocycles. The number of fused-ring (bicyclic) bond motifs is 2. The van der Waals surface area contributed by atoms with Gasteiger partial charge in [-0.15, -0.1) is 0 Å². The van der Waals surface area contributed by atoms with Gasteiger partial charge >= 0.3 is 5.63 Å². The smallest absolute Gasteiger partial charge is 0.336 e. The molecular formula is C26H27N3O4. The molecule has 1 aliphatic heterocycles. The number of nitrogens with one attached hydrogen (secondary N) is 2. The molecule has 7 nitrogen and oxygen atoms in total. The third-order valence-electron chi connectivity index (χ3n) is 6.49. The molecule has 1 fully saturated rings. The lowest BCUT2D eigenvalue weighted by molar-refractivity contribution is -0.114. The van der Waals surface area contributed by atoms with Crippen LogP contribution < -0.4 is 15.7 Å². The number of nitrogens with zero attached hydrogens (tertiary/aromatic N) is 1. The van der Waals surface area contributed by atoms with E-state index in [-0.39, 0.29) is 11.5 Å². The van der Waals surface area contributed by atoms with Crippen LogP contribution in [0.1, 0.15) is 36.8 Å². The summed E-state index contributed by atoms with van der Waals surface area (Å²) in [6.45, 7) is 4.04. The normalized spacial score (nSPS) is 15.2. The third kappa shape index (κ3) is 4.36. The molecule has 5 rings (SSSR count). The van der Waals surface area contributed by atoms with Crippen LogP contribution >= 0.6 is 0 Å². The lowest BCUT2D eigenvalue weighted by atomic mass is 9.89. The fourth-order valence-corrected chi connectivity index (χ4v) is 4.87. The fraction of sp³-hybridized carbons (Fsp3) is 0.308. The lowest BCUT2D eigenvalue weighted by Gasteiger charge is -2.32. The number of benzene rings is 2. The predicted molar refractivity (Wildman–Crippen MR) is 129 cm³/mol. The van der Waals surface area contributed by atoms with Crippen LogP contribution in [0, 0.1) is 0 Å². The molecule has 2 N–H and O–H groups in total. The zero-order chi connectivity index (χ0) is 22.9. The minimum absolute atomic E-state index is 0.163. The number of aromatic amines is 1. The number of carbonyl (C=O) groups is 1. The Balaban J connectivity index is 1.32. The number of piperidine rings is 1. The number of ether oxygens (including phenoxy) is 1. The average molecular weight is 446 g/mol. The Hall–Kier alpha value is -3.58. The summed E-state index contributed by atoms with van der Waals surface area (Å²) in [5, 5.41) is 4.86. The molecule has 0 spiro atoms. The van der Waals surface area contributed by atoms with Gasteiger partial charge in [-0.2, -0.15) is 0 Å². The first-order valence-electron chi connectivity index (χ1n) is 11.2. The summed E-state index contributed by atoms with van der Waals surface area (Å²) in [6, 6.07) is 13.2. The molecule has 33 heavy (non-hydrogen) atoms. The fourth-order valence-electron chi connectivity index (χ4n) is 4.87. The van der Waals surface area contributed by atoms with E-state index in [1.807, 2.05) is 18.2 Å². The minimum atomic E-state index is -0.375. The van der Waals surface area contributed by atoms with E-state index in [1.165, 1.54) is 17.9 Å². The van der Waals surface area contributed by atoms with Crippen molar-refractivity contribution in [2.75, 3.05) is 25.5 Å². The maximum Gasteiger partial charge on any atom is 0.336 e. The van der Waals surface area contributed by atoms with Gasteiger partial charge in [0.05, 0.1) is 7.11 Å². The number of rotatable bonds is 5. The highest BCUT2D eigenvalue weighted by molar-refractivity contribution is 5.92. The first-order chi connectivity index (χ1) is 16.0. The Bertz CT molecular complexity index is 1380. The zero-order valence-electron chi connectivity index (χ0n) is 18.8. The quantitative estimate of drug-likeness (QED) is 0.438. The van der Waals surface area contributed by atoms with Crippen molar-refractivity contribution >= 4 is 33.5 Å². The Morgan fingerprint density at radius 2 is 1.97 bits per heavy atom. The van der Waals surface area contributed by atoms with Crippen LogP contribution in [0.2, 0.25) is 0 Å². The van der Waals surface area contributed by atoms with Crippen molar-refractivity contribution < 1.29 is 13.9 Å². The second-order valence-electron chi connectivity index (χ2n) is 8.69. The molecule has 3 heterocycles. The summed E-state index contributed by atoms with van der Waals surface area (Å²) >= 11 is 0. The van der Waals surface area contributed by atoms with Gasteiger partial charge in [0.2, 0.25) is 5.91 Å². The summed E-state index contributed by atoms with van der Waals surface area (Å²) in [5.41, 5.74) is 4.16. The van der Waals surface area contributed by atoms with Gasteiger partial charge in [-0.3, -0.25) is 9.69 Å². The number of hydrogen-bond acceptors (Lipinski definition) is 5. The van der Waals surface area contributed by atoms with E-state index >= 15 is 0 Å². The molecule has 0 radical (unpaired) electrons. The summed E-state index contributed by atoms with van der Waals surface area (Å²) in [4.78, 5) is 29.3. The Morgan fingerprint density at radius 1 is 1.15 bits per heavy atom. The van der Waals surface area contributed by atoms with Gasteiger partial charge in [0.15, 0.2) is 0 Å². The van der Waals surface area contributed by atoms with Crippen LogP contribution in [-0.4, -0.2) is 36.0 Å². The van der Waals surface area contributed by atoms with E-state index in [0.717, 1.165) is 48.1 Å². The third-order valence-corrected chi connectivity index (χ3v) is 6.49. The highest BCUT2D eigenvalue weighted by atomic mass is 16.5. The molecule has 7 heteroatoms. The van der Waals surface area contributed by atoms with Gasteiger partial charge in [-0.1, -0.05) is 0 Å². The van der Waals surface area contributed by atoms with E-state index in [0.29, 0.717) is 23.7 Å². The first-order valence-corrected chi connectivity index (χ1v) is 11.2. The second-order valence-corrected chi connectivity index (χ2v) is 8.69. The topological polar surface area (TPSA) is 87.6 Å². The molecule has 0 unspecified atom stereocenters. The second kappa shape index (κ2) is 8.75. The Morgan fingerprint density at radius 3 is 2.73 bits per heavy atom. The monoisotopic (exact) mass is 445 g/mol. The average Bonchev–Trinajstić information content (AvgIpc) is 3.22. The number of amides is 1. The molecule has 2 aromatic carbocycles. The van der Waals surface area contributed by atoms with Crippen molar-refractivity contribution in [2.24, 2.45) is 0 Å². The van der Waals surface area contributed by atoms with Crippen molar-refractivity contribution in [1.29, 1.82) is 0 Å². The molecule has 1 amide bonds. The molecule has 0 atom stereocenters. The first kappa shape index (κ1) is 21.3. The van der Waals surface area contributed by atoms with Gasteiger partial charge in [0.25, 0.3) is 0 Å². The molecule has 0 bridgehead atoms. The summed E-state index contributed by atoms with van der Waals surface area (Å²) in [6.07, 6.45) is 4.24. The maximum atomic E-state index is 12.2. The van der Waals surface area contributed by atoms with Crippen molar-refractivity contribution in [3.8, 4) is 5.75 Å². The van der Waals surface area contributed by atoms with Crippen LogP contribution in [0.3, 0.4) is 0 Å². The van der Waals surface area contributed by atoms with E-state index in [2.05, 4.69) is 33.5 Å². The van der Waals surface area contributed by atoms with Crippen molar-refractivity contribution in [2.45, 2.75) is 32.2 Å². The molecule has 2 aromatic heterocycles. The number of H-pyrrole nitrogens is 1. The SMILES string of the molecule is COc1ccc2[nH]cc(C3CCN(Cc4cc(=O)oc5cc(NC(C)=O)ccc45)CC3)c2c1. The molecule has 0 saturated carbocycles. The highest BCUT2D eigenvalue weighted by Crippen LogP contribution is 2.35. The zero-order valence-corrected chi connectivity index (χ0v) is 18.8. The highest BCUT2D eigenvalue weighted by Gasteiger charge is 2.24. The van der Waals surface area contributed by atoms with Crippen molar-refractivity contribution in [3.63, 3.8) is 0 Å². The van der Waals surface area contributed by atoms with E-state index < -0.39 is 0 Å². The largest absolute Gasteiger partial charge is 0.497 e. The van der Waals surface area contributed by atoms with E-state index in [4.69, 9.17) is 9.15 Å². The molecule has 170 valence electrons. The molecule has 1 aliphatic rings. The number of likely N-dealkylation sites (tertiary alicyclic amines) is 1. The number of aromatic nitrogens is 1. The number of anilines is 1. The van der Waals surface area contributed by atoms with Gasteiger partial charge in [-0.05, 0) is 73.3 Å². The Kier molecular flexibility index (Phi) is 5.64. The molecule has 1 saturated heterocycles. The maximum absolute atomic E-state index is 12.2. The lowest BCUT2D eigenvalue weighted by Crippen LogP contribution is -2.32. The van der Waals surface area contributed by atoms with Gasteiger partial charge in [0, 0.05) is 53.8 Å². The standard InChI is InChI=1S/C26H27N3O4/c1-16(30)28-19-3-5-21-18(11-26(31)33-25(21)12-19)15-29-9-7-17(8-10-29)23-14-27-24-6-4-20(32-2)13-22(23)24/h3-6,11-14,17,27H,7-10,15H2,1-2H3,(H,28,30). The molecular weight excluding hydrogens is 418 g/mol. The minimum Gasteiger partial charge on any atom is -0.497 e. The van der Waals surface area contributed by atoms with Crippen LogP contribution in [0.25, 0.3) is 21.9 Å². The summed E-state index contributed by atoms with van der Waals surface area (Å²) in [5.74, 6) is 1.20. The van der Waals surface area contributed by atoms with Gasteiger partial charge in [-0.25, -0.2) is 4.79 Å². The van der Waals surface area contributed by atoms with Crippen molar-refractivity contribution in [3.05, 3.63) is 70.2 Å². The summed E-state index contributed by atoms with van der Waals surface area (Å²) < 4.78 is 10.8. The predicted octanol–water partition coefficient (Wildman–Crippen LogP) is 4.62. The van der Waals surface area contributed by atoms with E-state index in [9.17, 15) is 9.59 Å². The number of carbonyl (C=O) groups excluding carboxylic acids is 1. The van der Waals surface area contributed by atoms with Gasteiger partial charge in [0.1, 0.15) is 11.3 Å². The number of methoxy groups -OCH3 is 1. The molecule has 4 aromatic rings.